The van der Waals surface area contributed by atoms with Gasteiger partial charge in [0.05, 0.1) is 10.7 Å². The molecule has 0 bridgehead atoms. The Morgan fingerprint density at radius 2 is 1.81 bits per heavy atom. The summed E-state index contributed by atoms with van der Waals surface area (Å²) in [5.41, 5.74) is 0.544. The molecule has 1 heterocycles. The molecule has 1 saturated heterocycles. The standard InChI is InChI=1S/C11H9BrClNO2/c12-8-5-4-7(6-9(8)13)14-10(15)2-1-3-11(14)16/h4-6H,1-3H2. The van der Waals surface area contributed by atoms with Crippen LogP contribution < -0.4 is 4.90 Å². The quantitative estimate of drug-likeness (QED) is 0.747. The smallest absolute Gasteiger partial charge is 0.233 e. The van der Waals surface area contributed by atoms with Crippen molar-refractivity contribution in [2.45, 2.75) is 19.3 Å². The maximum Gasteiger partial charge on any atom is 0.233 e. The lowest BCUT2D eigenvalue weighted by Gasteiger charge is -2.25. The van der Waals surface area contributed by atoms with E-state index in [2.05, 4.69) is 15.9 Å². The van der Waals surface area contributed by atoms with Gasteiger partial charge in [0.1, 0.15) is 0 Å². The largest absolute Gasteiger partial charge is 0.274 e. The first-order valence-electron chi connectivity index (χ1n) is 4.90. The van der Waals surface area contributed by atoms with Gasteiger partial charge in [0.2, 0.25) is 11.8 Å². The van der Waals surface area contributed by atoms with Crippen molar-refractivity contribution in [3.05, 3.63) is 27.7 Å². The van der Waals surface area contributed by atoms with Gasteiger partial charge in [-0.3, -0.25) is 14.5 Å². The summed E-state index contributed by atoms with van der Waals surface area (Å²) in [6, 6.07) is 5.05. The molecule has 0 aromatic heterocycles. The zero-order valence-corrected chi connectivity index (χ0v) is 10.7. The minimum atomic E-state index is -0.158. The normalized spacial score (nSPS) is 16.8. The molecular formula is C11H9BrClNO2. The molecule has 3 nitrogen and oxygen atoms in total. The Balaban J connectivity index is 2.38. The second kappa shape index (κ2) is 4.55. The Kier molecular flexibility index (Phi) is 3.30. The Labute approximate surface area is 107 Å². The highest BCUT2D eigenvalue weighted by atomic mass is 79.9. The first kappa shape index (κ1) is 11.6. The van der Waals surface area contributed by atoms with Gasteiger partial charge in [-0.2, -0.15) is 0 Å². The number of amides is 2. The van der Waals surface area contributed by atoms with Crippen LogP contribution in [0.1, 0.15) is 19.3 Å². The van der Waals surface area contributed by atoms with Crippen LogP contribution >= 0.6 is 27.5 Å². The average Bonchev–Trinajstić information content (AvgIpc) is 2.23. The monoisotopic (exact) mass is 301 g/mol. The highest BCUT2D eigenvalue weighted by molar-refractivity contribution is 9.10. The first-order chi connectivity index (χ1) is 7.59. The van der Waals surface area contributed by atoms with Gasteiger partial charge in [0, 0.05) is 17.3 Å². The van der Waals surface area contributed by atoms with Gasteiger partial charge >= 0.3 is 0 Å². The molecule has 84 valence electrons. The van der Waals surface area contributed by atoms with E-state index in [1.54, 1.807) is 18.2 Å². The molecule has 2 rings (SSSR count). The minimum absolute atomic E-state index is 0.158. The predicted octanol–water partition coefficient (Wildman–Crippen LogP) is 3.15. The van der Waals surface area contributed by atoms with Crippen molar-refractivity contribution in [2.24, 2.45) is 0 Å². The van der Waals surface area contributed by atoms with Gasteiger partial charge in [0.15, 0.2) is 0 Å². The number of imide groups is 1. The van der Waals surface area contributed by atoms with Crippen LogP contribution in [0.5, 0.6) is 0 Å². The molecule has 0 radical (unpaired) electrons. The summed E-state index contributed by atoms with van der Waals surface area (Å²) < 4.78 is 0.745. The second-order valence-corrected chi connectivity index (χ2v) is 4.84. The predicted molar refractivity (Wildman–Crippen MR) is 65.5 cm³/mol. The van der Waals surface area contributed by atoms with E-state index in [1.165, 1.54) is 4.90 Å². The molecule has 1 aromatic carbocycles. The number of carbonyl (C=O) groups is 2. The SMILES string of the molecule is O=C1CCCC(=O)N1c1ccc(Br)c(Cl)c1. The Bertz CT molecular complexity index is 445. The van der Waals surface area contributed by atoms with Crippen molar-refractivity contribution >= 4 is 45.0 Å². The van der Waals surface area contributed by atoms with Crippen LogP contribution in [0.15, 0.2) is 22.7 Å². The number of piperidine rings is 1. The lowest BCUT2D eigenvalue weighted by molar-refractivity contribution is -0.129. The van der Waals surface area contributed by atoms with E-state index in [9.17, 15) is 9.59 Å². The fourth-order valence-electron chi connectivity index (χ4n) is 1.67. The first-order valence-corrected chi connectivity index (χ1v) is 6.07. The molecule has 0 spiro atoms. The zero-order chi connectivity index (χ0) is 11.7. The van der Waals surface area contributed by atoms with Crippen molar-refractivity contribution in [3.8, 4) is 0 Å². The lowest BCUT2D eigenvalue weighted by atomic mass is 10.1. The van der Waals surface area contributed by atoms with E-state index in [0.29, 0.717) is 30.0 Å². The molecule has 5 heteroatoms. The van der Waals surface area contributed by atoms with Gasteiger partial charge in [-0.15, -0.1) is 0 Å². The van der Waals surface area contributed by atoms with Crippen LogP contribution in [-0.4, -0.2) is 11.8 Å². The zero-order valence-electron chi connectivity index (χ0n) is 8.37. The van der Waals surface area contributed by atoms with Crippen molar-refractivity contribution in [1.29, 1.82) is 0 Å². The summed E-state index contributed by atoms with van der Waals surface area (Å²) in [7, 11) is 0. The van der Waals surface area contributed by atoms with Gasteiger partial charge < -0.3 is 0 Å². The van der Waals surface area contributed by atoms with Crippen molar-refractivity contribution in [2.75, 3.05) is 4.90 Å². The van der Waals surface area contributed by atoms with Crippen LogP contribution in [0, 0.1) is 0 Å². The molecule has 1 aliphatic rings. The summed E-state index contributed by atoms with van der Waals surface area (Å²) in [4.78, 5) is 24.5. The lowest BCUT2D eigenvalue weighted by Crippen LogP contribution is -2.40. The summed E-state index contributed by atoms with van der Waals surface area (Å²) in [6.07, 6.45) is 1.47. The van der Waals surface area contributed by atoms with Crippen molar-refractivity contribution in [3.63, 3.8) is 0 Å². The second-order valence-electron chi connectivity index (χ2n) is 3.57. The van der Waals surface area contributed by atoms with Crippen LogP contribution in [0.2, 0.25) is 5.02 Å². The number of benzene rings is 1. The molecule has 0 N–H and O–H groups in total. The Morgan fingerprint density at radius 3 is 2.38 bits per heavy atom. The topological polar surface area (TPSA) is 37.4 Å². The fraction of sp³-hybridized carbons (Fsp3) is 0.273. The third-order valence-corrected chi connectivity index (χ3v) is 3.67. The molecule has 0 saturated carbocycles. The Morgan fingerprint density at radius 1 is 1.19 bits per heavy atom. The van der Waals surface area contributed by atoms with E-state index in [-0.39, 0.29) is 11.8 Å². The molecule has 0 unspecified atom stereocenters. The molecule has 0 aliphatic carbocycles. The van der Waals surface area contributed by atoms with E-state index >= 15 is 0 Å². The average molecular weight is 303 g/mol. The third kappa shape index (κ3) is 2.13. The van der Waals surface area contributed by atoms with Gasteiger partial charge in [-0.05, 0) is 40.5 Å². The number of hydrogen-bond donors (Lipinski definition) is 0. The van der Waals surface area contributed by atoms with Gasteiger partial charge in [-0.25, -0.2) is 0 Å². The molecule has 2 amide bonds. The van der Waals surface area contributed by atoms with E-state index < -0.39 is 0 Å². The van der Waals surface area contributed by atoms with E-state index in [1.807, 2.05) is 0 Å². The number of hydrogen-bond acceptors (Lipinski definition) is 2. The fourth-order valence-corrected chi connectivity index (χ4v) is 2.09. The van der Waals surface area contributed by atoms with Crippen LogP contribution in [0.25, 0.3) is 0 Å². The van der Waals surface area contributed by atoms with E-state index in [4.69, 9.17) is 11.6 Å². The van der Waals surface area contributed by atoms with Crippen molar-refractivity contribution in [1.82, 2.24) is 0 Å². The molecule has 0 atom stereocenters. The van der Waals surface area contributed by atoms with Gasteiger partial charge in [0.25, 0.3) is 0 Å². The maximum atomic E-state index is 11.7. The summed E-state index contributed by atoms with van der Waals surface area (Å²) in [5.74, 6) is -0.315. The molecule has 1 fully saturated rings. The highest BCUT2D eigenvalue weighted by Crippen LogP contribution is 2.29. The third-order valence-electron chi connectivity index (χ3n) is 2.44. The van der Waals surface area contributed by atoms with Gasteiger partial charge in [-0.1, -0.05) is 11.6 Å². The molecule has 1 aliphatic heterocycles. The summed E-state index contributed by atoms with van der Waals surface area (Å²) in [5, 5.41) is 0.490. The number of nitrogens with zero attached hydrogens (tertiary/aromatic N) is 1. The van der Waals surface area contributed by atoms with Crippen LogP contribution in [-0.2, 0) is 9.59 Å². The molecular weight excluding hydrogens is 293 g/mol. The van der Waals surface area contributed by atoms with Crippen molar-refractivity contribution < 1.29 is 9.59 Å². The highest BCUT2D eigenvalue weighted by Gasteiger charge is 2.27. The minimum Gasteiger partial charge on any atom is -0.274 e. The van der Waals surface area contributed by atoms with Crippen LogP contribution in [0.3, 0.4) is 0 Å². The molecule has 1 aromatic rings. The number of carbonyl (C=O) groups excluding carboxylic acids is 2. The Hall–Kier alpha value is -0.870. The number of halogens is 2. The number of rotatable bonds is 1. The maximum absolute atomic E-state index is 11.7. The molecule has 16 heavy (non-hydrogen) atoms. The number of anilines is 1. The summed E-state index contributed by atoms with van der Waals surface area (Å²) >= 11 is 9.20. The van der Waals surface area contributed by atoms with Crippen LogP contribution in [0.4, 0.5) is 5.69 Å². The summed E-state index contributed by atoms with van der Waals surface area (Å²) in [6.45, 7) is 0. The van der Waals surface area contributed by atoms with E-state index in [0.717, 1.165) is 4.47 Å².